The Labute approximate surface area is 204 Å². The third-order valence-electron chi connectivity index (χ3n) is 6.32. The Morgan fingerprint density at radius 3 is 2.15 bits per heavy atom. The van der Waals surface area contributed by atoms with E-state index in [2.05, 4.69) is 17.4 Å². The number of ether oxygens (including phenoxy) is 1. The van der Waals surface area contributed by atoms with Gasteiger partial charge in [0.05, 0.1) is 0 Å². The van der Waals surface area contributed by atoms with Crippen LogP contribution < -0.4 is 5.32 Å². The molecule has 34 heavy (non-hydrogen) atoms. The number of carboxylic acids is 1. The molecule has 0 saturated carbocycles. The average molecular weight is 485 g/mol. The maximum atomic E-state index is 13.2. The van der Waals surface area contributed by atoms with Crippen molar-refractivity contribution in [3.8, 4) is 11.1 Å². The maximum absolute atomic E-state index is 13.2. The second kappa shape index (κ2) is 11.0. The lowest BCUT2D eigenvalue weighted by Gasteiger charge is -2.36. The van der Waals surface area contributed by atoms with Crippen molar-refractivity contribution in [3.63, 3.8) is 0 Å². The lowest BCUT2D eigenvalue weighted by atomic mass is 9.98. The standard InChI is InChI=1S/C26H32N2O5S/c1-5-28(26(2,3)24(30)31)23(29)22(14-15-34-4)27-25(32)33-16-21-19-12-8-6-10-17(19)18-11-7-9-13-20(18)21/h6-13,21-22H,5,14-16H2,1-4H3,(H,27,32)(H,30,31)/t22-/m0/s1. The highest BCUT2D eigenvalue weighted by atomic mass is 32.2. The minimum Gasteiger partial charge on any atom is -0.480 e. The van der Waals surface area contributed by atoms with Crippen molar-refractivity contribution in [3.05, 3.63) is 59.7 Å². The Bertz CT molecular complexity index is 1010. The number of aliphatic carboxylic acids is 1. The van der Waals surface area contributed by atoms with Crippen molar-refractivity contribution < 1.29 is 24.2 Å². The Balaban J connectivity index is 1.72. The topological polar surface area (TPSA) is 95.9 Å². The van der Waals surface area contributed by atoms with Gasteiger partial charge in [-0.2, -0.15) is 11.8 Å². The van der Waals surface area contributed by atoms with Crippen LogP contribution >= 0.6 is 11.8 Å². The Morgan fingerprint density at radius 2 is 1.65 bits per heavy atom. The predicted octanol–water partition coefficient (Wildman–Crippen LogP) is 4.36. The van der Waals surface area contributed by atoms with Gasteiger partial charge in [-0.15, -0.1) is 0 Å². The molecule has 0 saturated heterocycles. The van der Waals surface area contributed by atoms with E-state index in [1.54, 1.807) is 18.7 Å². The molecule has 0 spiro atoms. The molecule has 182 valence electrons. The summed E-state index contributed by atoms with van der Waals surface area (Å²) in [7, 11) is 0. The van der Waals surface area contributed by atoms with Gasteiger partial charge in [0.1, 0.15) is 18.2 Å². The third-order valence-corrected chi connectivity index (χ3v) is 6.97. The molecule has 2 amide bonds. The van der Waals surface area contributed by atoms with Crippen molar-refractivity contribution >= 4 is 29.7 Å². The molecule has 1 atom stereocenters. The minimum atomic E-state index is -1.40. The van der Waals surface area contributed by atoms with Crippen LogP contribution in [0.25, 0.3) is 11.1 Å². The number of likely N-dealkylation sites (N-methyl/N-ethyl adjacent to an activating group) is 1. The highest BCUT2D eigenvalue weighted by Crippen LogP contribution is 2.44. The number of amides is 2. The second-order valence-corrected chi connectivity index (χ2v) is 9.74. The number of rotatable bonds is 10. The van der Waals surface area contributed by atoms with Gasteiger partial charge >= 0.3 is 12.1 Å². The first kappa shape index (κ1) is 25.6. The van der Waals surface area contributed by atoms with Crippen LogP contribution in [0.2, 0.25) is 0 Å². The second-order valence-electron chi connectivity index (χ2n) is 8.75. The van der Waals surface area contributed by atoms with Gasteiger partial charge in [0.15, 0.2) is 0 Å². The fourth-order valence-corrected chi connectivity index (χ4v) is 4.88. The number of benzene rings is 2. The predicted molar refractivity (Wildman–Crippen MR) is 134 cm³/mol. The molecule has 7 nitrogen and oxygen atoms in total. The summed E-state index contributed by atoms with van der Waals surface area (Å²) in [4.78, 5) is 39.0. The van der Waals surface area contributed by atoms with Crippen LogP contribution in [0.5, 0.6) is 0 Å². The lowest BCUT2D eigenvalue weighted by molar-refractivity contribution is -0.157. The molecule has 0 aliphatic heterocycles. The van der Waals surface area contributed by atoms with Gasteiger partial charge < -0.3 is 20.1 Å². The van der Waals surface area contributed by atoms with E-state index in [0.717, 1.165) is 22.3 Å². The quantitative estimate of drug-likeness (QED) is 0.520. The lowest BCUT2D eigenvalue weighted by Crippen LogP contribution is -2.58. The Morgan fingerprint density at radius 1 is 1.09 bits per heavy atom. The average Bonchev–Trinajstić information content (AvgIpc) is 3.14. The first-order valence-electron chi connectivity index (χ1n) is 11.4. The maximum Gasteiger partial charge on any atom is 0.407 e. The van der Waals surface area contributed by atoms with E-state index in [1.807, 2.05) is 42.7 Å². The van der Waals surface area contributed by atoms with Crippen molar-refractivity contribution in [1.82, 2.24) is 10.2 Å². The van der Waals surface area contributed by atoms with Crippen LogP contribution in [0.1, 0.15) is 44.2 Å². The number of nitrogens with zero attached hydrogens (tertiary/aromatic N) is 1. The largest absolute Gasteiger partial charge is 0.480 e. The number of fused-ring (bicyclic) bond motifs is 3. The molecule has 8 heteroatoms. The molecular formula is C26H32N2O5S. The van der Waals surface area contributed by atoms with Crippen LogP contribution in [0.4, 0.5) is 4.79 Å². The Hall–Kier alpha value is -3.00. The summed E-state index contributed by atoms with van der Waals surface area (Å²) in [5, 5.41) is 12.3. The van der Waals surface area contributed by atoms with Gasteiger partial charge in [0.25, 0.3) is 0 Å². The van der Waals surface area contributed by atoms with Gasteiger partial charge in [0, 0.05) is 12.5 Å². The fourth-order valence-electron chi connectivity index (χ4n) is 4.41. The highest BCUT2D eigenvalue weighted by Gasteiger charge is 2.40. The number of carbonyl (C=O) groups is 3. The molecule has 0 radical (unpaired) electrons. The molecule has 2 N–H and O–H groups in total. The van der Waals surface area contributed by atoms with Crippen molar-refractivity contribution in [1.29, 1.82) is 0 Å². The SMILES string of the molecule is CCN(C(=O)[C@H](CCSC)NC(=O)OCC1c2ccccc2-c2ccccc21)C(C)(C)C(=O)O. The van der Waals surface area contributed by atoms with E-state index in [4.69, 9.17) is 4.74 Å². The van der Waals surface area contributed by atoms with Gasteiger partial charge in [-0.05, 0) is 61.5 Å². The molecular weight excluding hydrogens is 452 g/mol. The summed E-state index contributed by atoms with van der Waals surface area (Å²) >= 11 is 1.55. The molecule has 2 aromatic rings. The molecule has 0 unspecified atom stereocenters. The normalized spacial score (nSPS) is 13.5. The van der Waals surface area contributed by atoms with E-state index in [9.17, 15) is 19.5 Å². The van der Waals surface area contributed by atoms with Gasteiger partial charge in [-0.1, -0.05) is 48.5 Å². The first-order chi connectivity index (χ1) is 16.2. The number of nitrogens with one attached hydrogen (secondary N) is 1. The van der Waals surface area contributed by atoms with Crippen LogP contribution in [0.3, 0.4) is 0 Å². The smallest absolute Gasteiger partial charge is 0.407 e. The summed E-state index contributed by atoms with van der Waals surface area (Å²) in [6.45, 7) is 5.04. The van der Waals surface area contributed by atoms with Crippen molar-refractivity contribution in [2.45, 2.75) is 44.7 Å². The summed E-state index contributed by atoms with van der Waals surface area (Å²) in [5.74, 6) is -0.994. The summed E-state index contributed by atoms with van der Waals surface area (Å²) in [6, 6.07) is 15.3. The minimum absolute atomic E-state index is 0.0865. The number of carboxylic acid groups (broad SMARTS) is 1. The molecule has 0 bridgehead atoms. The summed E-state index contributed by atoms with van der Waals surface area (Å²) in [6.07, 6.45) is 1.59. The third kappa shape index (κ3) is 5.22. The van der Waals surface area contributed by atoms with Crippen LogP contribution in [0.15, 0.2) is 48.5 Å². The van der Waals surface area contributed by atoms with Crippen LogP contribution in [0, 0.1) is 0 Å². The van der Waals surface area contributed by atoms with E-state index in [1.165, 1.54) is 18.7 Å². The number of hydrogen-bond acceptors (Lipinski definition) is 5. The fraction of sp³-hybridized carbons (Fsp3) is 0.423. The van der Waals surface area contributed by atoms with Gasteiger partial charge in [-0.3, -0.25) is 4.79 Å². The van der Waals surface area contributed by atoms with Gasteiger partial charge in [-0.25, -0.2) is 9.59 Å². The molecule has 0 heterocycles. The molecule has 0 aromatic heterocycles. The zero-order chi connectivity index (χ0) is 24.9. The summed E-state index contributed by atoms with van der Waals surface area (Å²) in [5.41, 5.74) is 3.08. The molecule has 1 aliphatic rings. The Kier molecular flexibility index (Phi) is 8.25. The number of hydrogen-bond donors (Lipinski definition) is 2. The molecule has 2 aromatic carbocycles. The van der Waals surface area contributed by atoms with E-state index in [-0.39, 0.29) is 19.1 Å². The van der Waals surface area contributed by atoms with Crippen molar-refractivity contribution in [2.24, 2.45) is 0 Å². The molecule has 0 fully saturated rings. The van der Waals surface area contributed by atoms with Crippen molar-refractivity contribution in [2.75, 3.05) is 25.2 Å². The van der Waals surface area contributed by atoms with Crippen LogP contribution in [-0.4, -0.2) is 64.7 Å². The number of thioether (sulfide) groups is 1. The number of alkyl carbamates (subject to hydrolysis) is 1. The number of carbonyl (C=O) groups excluding carboxylic acids is 2. The van der Waals surface area contributed by atoms with Gasteiger partial charge in [0.2, 0.25) is 5.91 Å². The zero-order valence-corrected chi connectivity index (χ0v) is 20.9. The molecule has 1 aliphatic carbocycles. The highest BCUT2D eigenvalue weighted by molar-refractivity contribution is 7.98. The molecule has 3 rings (SSSR count). The van der Waals surface area contributed by atoms with Crippen LogP contribution in [-0.2, 0) is 14.3 Å². The summed E-state index contributed by atoms with van der Waals surface area (Å²) < 4.78 is 5.60. The van der Waals surface area contributed by atoms with E-state index >= 15 is 0 Å². The zero-order valence-electron chi connectivity index (χ0n) is 20.0. The van der Waals surface area contributed by atoms with E-state index in [0.29, 0.717) is 12.2 Å². The monoisotopic (exact) mass is 484 g/mol. The first-order valence-corrected chi connectivity index (χ1v) is 12.8. The van der Waals surface area contributed by atoms with E-state index < -0.39 is 29.6 Å².